The van der Waals surface area contributed by atoms with Gasteiger partial charge in [-0.2, -0.15) is 13.2 Å². The molecule has 0 bridgehead atoms. The van der Waals surface area contributed by atoms with Gasteiger partial charge in [-0.25, -0.2) is 9.78 Å². The second kappa shape index (κ2) is 9.32. The van der Waals surface area contributed by atoms with Gasteiger partial charge in [0, 0.05) is 30.0 Å². The molecule has 3 aromatic rings. The van der Waals surface area contributed by atoms with E-state index in [0.29, 0.717) is 33.9 Å². The fraction of sp³-hybridized carbons (Fsp3) is 0.250. The zero-order valence-corrected chi connectivity index (χ0v) is 17.9. The molecule has 0 saturated heterocycles. The van der Waals surface area contributed by atoms with Gasteiger partial charge in [0.05, 0.1) is 30.1 Å². The van der Waals surface area contributed by atoms with E-state index in [2.05, 4.69) is 4.98 Å². The molecule has 3 N–H and O–H groups in total. The summed E-state index contributed by atoms with van der Waals surface area (Å²) in [6.45, 7) is 0.0438. The van der Waals surface area contributed by atoms with Crippen molar-refractivity contribution in [3.05, 3.63) is 77.5 Å². The molecule has 1 amide bonds. The molecule has 1 atom stereocenters. The van der Waals surface area contributed by atoms with Gasteiger partial charge in [0.1, 0.15) is 6.10 Å². The summed E-state index contributed by atoms with van der Waals surface area (Å²) in [5.41, 5.74) is 2.59. The van der Waals surface area contributed by atoms with E-state index in [-0.39, 0.29) is 19.6 Å². The lowest BCUT2D eigenvalue weighted by molar-refractivity contribution is -0.137. The Kier molecular flexibility index (Phi) is 6.45. The lowest BCUT2D eigenvalue weighted by atomic mass is 10.0. The number of fused-ring (bicyclic) bond motifs is 1. The number of amides is 1. The number of hydrogen-bond donors (Lipinski definition) is 3. The Morgan fingerprint density at radius 2 is 1.79 bits per heavy atom. The number of carboxylic acid groups (broad SMARTS) is 1. The van der Waals surface area contributed by atoms with Crippen molar-refractivity contribution in [1.82, 2.24) is 9.88 Å². The van der Waals surface area contributed by atoms with Crippen LogP contribution >= 0.6 is 0 Å². The van der Waals surface area contributed by atoms with Gasteiger partial charge in [0.15, 0.2) is 0 Å². The third-order valence-electron chi connectivity index (χ3n) is 5.68. The van der Waals surface area contributed by atoms with Crippen molar-refractivity contribution in [1.29, 1.82) is 0 Å². The first-order valence-electron chi connectivity index (χ1n) is 10.5. The topological polar surface area (TPSA) is 97.1 Å². The molecule has 1 aliphatic rings. The zero-order chi connectivity index (χ0) is 24.5. The van der Waals surface area contributed by atoms with Crippen LogP contribution in [0.4, 0.5) is 29.3 Å². The van der Waals surface area contributed by atoms with E-state index in [0.717, 1.165) is 12.1 Å². The van der Waals surface area contributed by atoms with E-state index in [1.807, 2.05) is 0 Å². The number of aromatic nitrogens is 1. The van der Waals surface area contributed by atoms with E-state index in [9.17, 15) is 33.3 Å². The van der Waals surface area contributed by atoms with Crippen molar-refractivity contribution in [2.45, 2.75) is 18.8 Å². The van der Waals surface area contributed by atoms with Crippen LogP contribution in [0.2, 0.25) is 0 Å². The summed E-state index contributed by atoms with van der Waals surface area (Å²) < 4.78 is 39.0. The van der Waals surface area contributed by atoms with Crippen LogP contribution in [0.25, 0.3) is 11.3 Å². The van der Waals surface area contributed by atoms with Crippen LogP contribution < -0.4 is 4.90 Å². The molecule has 0 unspecified atom stereocenters. The third kappa shape index (κ3) is 4.82. The first kappa shape index (κ1) is 23.5. The maximum Gasteiger partial charge on any atom is 0.416 e. The number of aliphatic hydroxyl groups is 2. The molecule has 7 nitrogen and oxygen atoms in total. The lowest BCUT2D eigenvalue weighted by Crippen LogP contribution is -2.32. The number of rotatable bonds is 4. The maximum absolute atomic E-state index is 13.0. The van der Waals surface area contributed by atoms with Crippen molar-refractivity contribution in [2.75, 3.05) is 24.6 Å². The molecule has 4 rings (SSSR count). The van der Waals surface area contributed by atoms with E-state index in [4.69, 9.17) is 0 Å². The van der Waals surface area contributed by atoms with Crippen LogP contribution in [-0.2, 0) is 12.7 Å². The predicted octanol–water partition coefficient (Wildman–Crippen LogP) is 4.42. The smallest absolute Gasteiger partial charge is 0.416 e. The average Bonchev–Trinajstić information content (AvgIpc) is 3.02. The minimum atomic E-state index is -4.45. The third-order valence-corrected chi connectivity index (χ3v) is 5.68. The van der Waals surface area contributed by atoms with E-state index in [1.165, 1.54) is 17.0 Å². The van der Waals surface area contributed by atoms with Gasteiger partial charge < -0.3 is 25.1 Å². The molecule has 0 aliphatic carbocycles. The van der Waals surface area contributed by atoms with Crippen molar-refractivity contribution in [3.63, 3.8) is 0 Å². The van der Waals surface area contributed by atoms with Gasteiger partial charge in [-0.1, -0.05) is 12.1 Å². The van der Waals surface area contributed by atoms with Crippen molar-refractivity contribution >= 4 is 17.5 Å². The summed E-state index contributed by atoms with van der Waals surface area (Å²) in [7, 11) is 0. The molecule has 0 radical (unpaired) electrons. The molecule has 34 heavy (non-hydrogen) atoms. The van der Waals surface area contributed by atoms with E-state index in [1.54, 1.807) is 41.3 Å². The molecule has 2 aromatic carbocycles. The summed E-state index contributed by atoms with van der Waals surface area (Å²) in [4.78, 5) is 19.2. The van der Waals surface area contributed by atoms with Crippen molar-refractivity contribution in [2.24, 2.45) is 0 Å². The minimum Gasteiger partial charge on any atom is -0.465 e. The summed E-state index contributed by atoms with van der Waals surface area (Å²) >= 11 is 0. The quantitative estimate of drug-likeness (QED) is 0.519. The predicted molar refractivity (Wildman–Crippen MR) is 119 cm³/mol. The maximum atomic E-state index is 13.0. The summed E-state index contributed by atoms with van der Waals surface area (Å²) in [6, 6.07) is 15.1. The summed E-state index contributed by atoms with van der Waals surface area (Å²) in [5.74, 6) is 0. The zero-order valence-electron chi connectivity index (χ0n) is 17.9. The van der Waals surface area contributed by atoms with Crippen LogP contribution in [0.3, 0.4) is 0 Å². The highest BCUT2D eigenvalue weighted by atomic mass is 19.4. The van der Waals surface area contributed by atoms with Crippen LogP contribution in [0.1, 0.15) is 22.9 Å². The average molecular weight is 473 g/mol. The van der Waals surface area contributed by atoms with Gasteiger partial charge >= 0.3 is 12.3 Å². The monoisotopic (exact) mass is 473 g/mol. The number of anilines is 2. The Bertz CT molecular complexity index is 1180. The van der Waals surface area contributed by atoms with Gasteiger partial charge in [0.2, 0.25) is 0 Å². The second-order valence-electron chi connectivity index (χ2n) is 7.89. The molecular formula is C24H22F3N3O4. The molecular weight excluding hydrogens is 451 g/mol. The molecule has 1 aromatic heterocycles. The highest BCUT2D eigenvalue weighted by Gasteiger charge is 2.31. The Balaban J connectivity index is 1.75. The molecule has 10 heteroatoms. The highest BCUT2D eigenvalue weighted by molar-refractivity contribution is 5.74. The van der Waals surface area contributed by atoms with Crippen LogP contribution in [0.5, 0.6) is 0 Å². The number of benzene rings is 2. The number of pyridine rings is 1. The van der Waals surface area contributed by atoms with Gasteiger partial charge in [-0.05, 0) is 54.1 Å². The van der Waals surface area contributed by atoms with E-state index >= 15 is 0 Å². The van der Waals surface area contributed by atoms with Gasteiger partial charge in [0.25, 0.3) is 0 Å². The van der Waals surface area contributed by atoms with E-state index < -0.39 is 30.5 Å². The summed E-state index contributed by atoms with van der Waals surface area (Å²) in [6.07, 6.45) is -6.68. The molecule has 0 spiro atoms. The standard InChI is InChI=1S/C24H22F3N3O4/c25-24(26,27)17-5-7-18(8-6-17)30-11-10-29(23(33)34)13-16-12-15(4-9-21(16)30)19-2-1-3-20(28-19)22(32)14-31/h1-9,12,22,31-32H,10-11,13-14H2,(H,33,34)/t22-/m1/s1. The fourth-order valence-corrected chi connectivity index (χ4v) is 3.91. The molecule has 0 saturated carbocycles. The summed E-state index contributed by atoms with van der Waals surface area (Å²) in [5, 5.41) is 28.7. The Morgan fingerprint density at radius 3 is 2.44 bits per heavy atom. The normalized spacial score (nSPS) is 15.0. The first-order chi connectivity index (χ1) is 16.2. The Morgan fingerprint density at radius 1 is 1.06 bits per heavy atom. The molecule has 1 aliphatic heterocycles. The van der Waals surface area contributed by atoms with Crippen LogP contribution in [0.15, 0.2) is 60.7 Å². The highest BCUT2D eigenvalue weighted by Crippen LogP contribution is 2.36. The Labute approximate surface area is 193 Å². The van der Waals surface area contributed by atoms with Crippen LogP contribution in [0, 0.1) is 0 Å². The second-order valence-corrected chi connectivity index (χ2v) is 7.89. The van der Waals surface area contributed by atoms with Gasteiger partial charge in [-0.15, -0.1) is 0 Å². The molecule has 2 heterocycles. The minimum absolute atomic E-state index is 0.0919. The number of hydrogen-bond acceptors (Lipinski definition) is 5. The Hall–Kier alpha value is -3.63. The van der Waals surface area contributed by atoms with Crippen LogP contribution in [-0.4, -0.2) is 51.0 Å². The number of carbonyl (C=O) groups is 1. The lowest BCUT2D eigenvalue weighted by Gasteiger charge is -2.25. The first-order valence-corrected chi connectivity index (χ1v) is 10.5. The molecule has 178 valence electrons. The van der Waals surface area contributed by atoms with Gasteiger partial charge in [-0.3, -0.25) is 0 Å². The number of alkyl halides is 3. The molecule has 0 fully saturated rings. The van der Waals surface area contributed by atoms with Crippen molar-refractivity contribution in [3.8, 4) is 11.3 Å². The SMILES string of the molecule is O=C(O)N1CCN(c2ccc(C(F)(F)F)cc2)c2ccc(-c3cccc([C@H](O)CO)n3)cc2C1. The number of nitrogens with zero attached hydrogens (tertiary/aromatic N) is 3. The van der Waals surface area contributed by atoms with Crippen molar-refractivity contribution < 1.29 is 33.3 Å². The number of halogens is 3. The fourth-order valence-electron chi connectivity index (χ4n) is 3.91. The largest absolute Gasteiger partial charge is 0.465 e. The number of aliphatic hydroxyl groups excluding tert-OH is 2.